The van der Waals surface area contributed by atoms with Crippen LogP contribution >= 0.6 is 34.9 Å². The van der Waals surface area contributed by atoms with Crippen LogP contribution in [0.3, 0.4) is 0 Å². The predicted octanol–water partition coefficient (Wildman–Crippen LogP) is 0.639. The molecule has 2 aliphatic rings. The third-order valence-corrected chi connectivity index (χ3v) is 7.23. The van der Waals surface area contributed by atoms with Gasteiger partial charge in [-0.25, -0.2) is 9.78 Å². The van der Waals surface area contributed by atoms with E-state index in [0.29, 0.717) is 40.2 Å². The Morgan fingerprint density at radius 2 is 2.33 bits per heavy atom. The fourth-order valence-electron chi connectivity index (χ4n) is 3.06. The van der Waals surface area contributed by atoms with Crippen LogP contribution in [0.25, 0.3) is 0 Å². The zero-order valence-electron chi connectivity index (χ0n) is 16.0. The Labute approximate surface area is 185 Å². The van der Waals surface area contributed by atoms with Gasteiger partial charge in [0.05, 0.1) is 5.75 Å². The lowest BCUT2D eigenvalue weighted by Crippen LogP contribution is -2.71. The van der Waals surface area contributed by atoms with Crippen LogP contribution in [0.5, 0.6) is 0 Å². The second-order valence-corrected chi connectivity index (χ2v) is 9.19. The fourth-order valence-corrected chi connectivity index (χ4v) is 5.79. The van der Waals surface area contributed by atoms with Crippen molar-refractivity contribution in [1.29, 1.82) is 0 Å². The Morgan fingerprint density at radius 3 is 2.93 bits per heavy atom. The van der Waals surface area contributed by atoms with E-state index in [4.69, 9.17) is 12.2 Å². The van der Waals surface area contributed by atoms with Gasteiger partial charge in [0, 0.05) is 23.4 Å². The first kappa shape index (κ1) is 22.2. The summed E-state index contributed by atoms with van der Waals surface area (Å²) in [5, 5.41) is 13.8. The number of carbonyl (C=O) groups is 3. The van der Waals surface area contributed by atoms with E-state index in [2.05, 4.69) is 21.2 Å². The third kappa shape index (κ3) is 4.33. The summed E-state index contributed by atoms with van der Waals surface area (Å²) in [6.07, 6.45) is 5.24. The number of nitrogen functional groups attached to an aromatic ring is 1. The van der Waals surface area contributed by atoms with Crippen LogP contribution in [0.4, 0.5) is 5.13 Å². The van der Waals surface area contributed by atoms with E-state index >= 15 is 0 Å². The van der Waals surface area contributed by atoms with Gasteiger partial charge < -0.3 is 16.2 Å². The topological polar surface area (TPSA) is 138 Å². The fraction of sp³-hybridized carbons (Fsp3) is 0.389. The van der Waals surface area contributed by atoms with Crippen molar-refractivity contribution < 1.29 is 19.5 Å². The number of aromatic nitrogens is 1. The number of thioether (sulfide) groups is 2. The lowest BCUT2D eigenvalue weighted by molar-refractivity contribution is -0.150. The minimum atomic E-state index is -1.17. The number of hydrogen-bond donors (Lipinski definition) is 3. The van der Waals surface area contributed by atoms with E-state index in [0.717, 1.165) is 0 Å². The summed E-state index contributed by atoms with van der Waals surface area (Å²) in [5.74, 6) is 1.65. The van der Waals surface area contributed by atoms with E-state index in [1.807, 2.05) is 0 Å². The van der Waals surface area contributed by atoms with Gasteiger partial charge >= 0.3 is 5.97 Å². The molecule has 0 unspecified atom stereocenters. The van der Waals surface area contributed by atoms with Crippen molar-refractivity contribution in [2.24, 2.45) is 4.99 Å². The number of anilines is 1. The Kier molecular flexibility index (Phi) is 7.06. The number of β-lactam (4-membered cyclic amide) rings is 1. The molecule has 0 bridgehead atoms. The lowest BCUT2D eigenvalue weighted by Gasteiger charge is -2.49. The van der Waals surface area contributed by atoms with Gasteiger partial charge in [0.1, 0.15) is 28.5 Å². The molecule has 1 fully saturated rings. The number of carboxylic acid groups (broad SMARTS) is 1. The molecule has 12 heteroatoms. The van der Waals surface area contributed by atoms with Crippen molar-refractivity contribution in [2.75, 3.05) is 29.5 Å². The molecular formula is C18H19N5O4S3. The largest absolute Gasteiger partial charge is 0.477 e. The smallest absolute Gasteiger partial charge is 0.352 e. The highest BCUT2D eigenvalue weighted by Crippen LogP contribution is 2.41. The van der Waals surface area contributed by atoms with E-state index in [1.54, 1.807) is 12.3 Å². The van der Waals surface area contributed by atoms with E-state index in [9.17, 15) is 19.5 Å². The van der Waals surface area contributed by atoms with E-state index < -0.39 is 29.2 Å². The van der Waals surface area contributed by atoms with Crippen LogP contribution in [0, 0.1) is 12.3 Å². The minimum absolute atomic E-state index is 0.0199. The molecule has 0 aliphatic carbocycles. The number of carboxylic acids is 1. The molecule has 2 atom stereocenters. The lowest BCUT2D eigenvalue weighted by atomic mass is 10.0. The number of carbonyl (C=O) groups excluding carboxylic acids is 2. The van der Waals surface area contributed by atoms with Crippen LogP contribution in [0.1, 0.15) is 12.6 Å². The summed E-state index contributed by atoms with van der Waals surface area (Å²) in [6.45, 7) is 2.13. The van der Waals surface area contributed by atoms with Gasteiger partial charge in [0.2, 0.25) is 0 Å². The van der Waals surface area contributed by atoms with Gasteiger partial charge in [0.15, 0.2) is 5.13 Å². The minimum Gasteiger partial charge on any atom is -0.477 e. The average molecular weight is 466 g/mol. The number of nitrogens with one attached hydrogen (secondary N) is 1. The number of aliphatic carboxylic acids is 1. The maximum Gasteiger partial charge on any atom is 0.352 e. The van der Waals surface area contributed by atoms with Gasteiger partial charge in [-0.3, -0.25) is 19.5 Å². The predicted molar refractivity (Wildman–Crippen MR) is 119 cm³/mol. The molecule has 2 amide bonds. The molecular weight excluding hydrogens is 446 g/mol. The number of aliphatic imine (C=N–C) groups is 1. The van der Waals surface area contributed by atoms with Crippen molar-refractivity contribution in [3.8, 4) is 12.3 Å². The average Bonchev–Trinajstić information content (AvgIpc) is 3.15. The summed E-state index contributed by atoms with van der Waals surface area (Å²) in [7, 11) is 0. The molecule has 3 heterocycles. The SMILES string of the molecule is C#CCSCC1=C(C(=O)O)N2C(=O)[C@@H](NC(=O)C(=NCC)c3csc(N)n3)[C@H]2SC1. The zero-order valence-corrected chi connectivity index (χ0v) is 18.4. The number of nitrogens with two attached hydrogens (primary N) is 1. The molecule has 3 rings (SSSR count). The number of hydrogen-bond acceptors (Lipinski definition) is 9. The molecule has 0 radical (unpaired) electrons. The van der Waals surface area contributed by atoms with Crippen molar-refractivity contribution in [3.63, 3.8) is 0 Å². The third-order valence-electron chi connectivity index (χ3n) is 4.29. The van der Waals surface area contributed by atoms with Gasteiger partial charge in [-0.2, -0.15) is 0 Å². The maximum atomic E-state index is 12.8. The summed E-state index contributed by atoms with van der Waals surface area (Å²) < 4.78 is 0. The van der Waals surface area contributed by atoms with Crippen LogP contribution in [0.15, 0.2) is 21.6 Å². The van der Waals surface area contributed by atoms with Crippen LogP contribution < -0.4 is 11.1 Å². The highest BCUT2D eigenvalue weighted by molar-refractivity contribution is 8.01. The molecule has 4 N–H and O–H groups in total. The Hall–Kier alpha value is -2.49. The normalized spacial score (nSPS) is 21.0. The monoisotopic (exact) mass is 465 g/mol. The Morgan fingerprint density at radius 1 is 1.57 bits per heavy atom. The van der Waals surface area contributed by atoms with Crippen LogP contribution in [-0.4, -0.2) is 73.7 Å². The van der Waals surface area contributed by atoms with Crippen molar-refractivity contribution in [1.82, 2.24) is 15.2 Å². The van der Waals surface area contributed by atoms with Crippen molar-refractivity contribution in [2.45, 2.75) is 18.3 Å². The molecule has 30 heavy (non-hydrogen) atoms. The number of terminal acetylenes is 1. The highest BCUT2D eigenvalue weighted by atomic mass is 32.2. The van der Waals surface area contributed by atoms with E-state index in [1.165, 1.54) is 39.8 Å². The molecule has 0 aromatic carbocycles. The second-order valence-electron chi connectivity index (χ2n) is 6.21. The van der Waals surface area contributed by atoms with Crippen molar-refractivity contribution >= 4 is 63.5 Å². The van der Waals surface area contributed by atoms with Gasteiger partial charge in [0.25, 0.3) is 11.8 Å². The number of nitrogens with zero attached hydrogens (tertiary/aromatic N) is 3. The van der Waals surface area contributed by atoms with Gasteiger partial charge in [-0.15, -0.1) is 41.3 Å². The summed E-state index contributed by atoms with van der Waals surface area (Å²) in [4.78, 5) is 46.8. The Bertz CT molecular complexity index is 981. The second kappa shape index (κ2) is 9.55. The molecule has 2 aliphatic heterocycles. The zero-order chi connectivity index (χ0) is 21.8. The summed E-state index contributed by atoms with van der Waals surface area (Å²) in [5.41, 5.74) is 6.71. The maximum absolute atomic E-state index is 12.8. The molecule has 9 nitrogen and oxygen atoms in total. The highest BCUT2D eigenvalue weighted by Gasteiger charge is 2.54. The molecule has 0 saturated carbocycles. The quantitative estimate of drug-likeness (QED) is 0.220. The first-order valence-corrected chi connectivity index (χ1v) is 11.9. The number of rotatable bonds is 8. The van der Waals surface area contributed by atoms with Crippen LogP contribution in [0.2, 0.25) is 0 Å². The molecule has 0 spiro atoms. The molecule has 158 valence electrons. The summed E-state index contributed by atoms with van der Waals surface area (Å²) >= 11 is 4.02. The van der Waals surface area contributed by atoms with Gasteiger partial charge in [-0.1, -0.05) is 5.92 Å². The van der Waals surface area contributed by atoms with Gasteiger partial charge in [-0.05, 0) is 12.5 Å². The van der Waals surface area contributed by atoms with Crippen molar-refractivity contribution in [3.05, 3.63) is 22.3 Å². The molecule has 1 saturated heterocycles. The molecule has 1 aromatic heterocycles. The number of thiazole rings is 1. The first-order valence-electron chi connectivity index (χ1n) is 8.86. The van der Waals surface area contributed by atoms with Crippen LogP contribution in [-0.2, 0) is 14.4 Å². The number of amides is 2. The Balaban J connectivity index is 1.76. The first-order chi connectivity index (χ1) is 14.4. The molecule has 1 aromatic rings. The standard InChI is InChI=1S/C18H19N5O4S3/c1-3-5-28-6-9-7-29-16-12(15(25)23(16)13(9)17(26)27)22-14(24)11(20-4-2)10-8-30-18(19)21-10/h1,8,12,16H,4-7H2,2H3,(H2,19,21)(H,22,24)(H,26,27)/t12-,16-/m1/s1. The number of fused-ring (bicyclic) bond motifs is 1. The van der Waals surface area contributed by atoms with E-state index in [-0.39, 0.29) is 11.4 Å². The summed E-state index contributed by atoms with van der Waals surface area (Å²) in [6, 6.07) is -0.838.